The van der Waals surface area contributed by atoms with Gasteiger partial charge < -0.3 is 5.32 Å². The van der Waals surface area contributed by atoms with E-state index in [-0.39, 0.29) is 0 Å². The smallest absolute Gasteiger partial charge is 0.133 e. The van der Waals surface area contributed by atoms with Gasteiger partial charge in [0.2, 0.25) is 0 Å². The van der Waals surface area contributed by atoms with Gasteiger partial charge in [-0.25, -0.2) is 0 Å². The largest absolute Gasteiger partial charge is 0.314 e. The molecule has 1 aliphatic carbocycles. The minimum Gasteiger partial charge on any atom is -0.314 e. The SMILES string of the molecule is O=C1CC[C@H]2NCCC[C@@H]2C1. The summed E-state index contributed by atoms with van der Waals surface area (Å²) >= 11 is 0. The van der Waals surface area contributed by atoms with Crippen molar-refractivity contribution in [1.82, 2.24) is 5.32 Å². The van der Waals surface area contributed by atoms with Gasteiger partial charge in [-0.15, -0.1) is 0 Å². The first-order valence-corrected chi connectivity index (χ1v) is 4.61. The highest BCUT2D eigenvalue weighted by atomic mass is 16.1. The molecule has 0 amide bonds. The van der Waals surface area contributed by atoms with E-state index in [2.05, 4.69) is 5.32 Å². The van der Waals surface area contributed by atoms with Crippen molar-refractivity contribution in [2.75, 3.05) is 6.54 Å². The van der Waals surface area contributed by atoms with Gasteiger partial charge >= 0.3 is 0 Å². The third kappa shape index (κ3) is 1.45. The fourth-order valence-electron chi connectivity index (χ4n) is 2.31. The van der Waals surface area contributed by atoms with Crippen LogP contribution in [0.5, 0.6) is 0 Å². The van der Waals surface area contributed by atoms with E-state index < -0.39 is 0 Å². The van der Waals surface area contributed by atoms with Crippen LogP contribution in [0.1, 0.15) is 32.1 Å². The first-order valence-electron chi connectivity index (χ1n) is 4.61. The molecule has 2 atom stereocenters. The van der Waals surface area contributed by atoms with Crippen LogP contribution in [0, 0.1) is 5.92 Å². The van der Waals surface area contributed by atoms with Gasteiger partial charge in [0, 0.05) is 18.9 Å². The molecule has 0 bridgehead atoms. The summed E-state index contributed by atoms with van der Waals surface area (Å²) in [7, 11) is 0. The van der Waals surface area contributed by atoms with Gasteiger partial charge in [0.1, 0.15) is 5.78 Å². The number of Topliss-reactive ketones (excluding diaryl/α,β-unsaturated/α-hetero) is 1. The summed E-state index contributed by atoms with van der Waals surface area (Å²) < 4.78 is 0. The number of rotatable bonds is 0. The Morgan fingerprint density at radius 2 is 2.27 bits per heavy atom. The zero-order valence-electron chi connectivity index (χ0n) is 6.81. The average Bonchev–Trinajstić information content (AvgIpc) is 2.04. The van der Waals surface area contributed by atoms with Crippen LogP contribution in [-0.4, -0.2) is 18.4 Å². The lowest BCUT2D eigenvalue weighted by Gasteiger charge is -2.35. The highest BCUT2D eigenvalue weighted by Gasteiger charge is 2.30. The normalized spacial score (nSPS) is 38.4. The fourth-order valence-corrected chi connectivity index (χ4v) is 2.31. The Hall–Kier alpha value is -0.370. The number of hydrogen-bond donors (Lipinski definition) is 1. The number of hydrogen-bond acceptors (Lipinski definition) is 2. The summed E-state index contributed by atoms with van der Waals surface area (Å²) in [4.78, 5) is 11.1. The molecule has 62 valence electrons. The van der Waals surface area contributed by atoms with Crippen molar-refractivity contribution in [2.45, 2.75) is 38.1 Å². The zero-order chi connectivity index (χ0) is 7.68. The van der Waals surface area contributed by atoms with Gasteiger partial charge in [0.05, 0.1) is 0 Å². The molecule has 1 N–H and O–H groups in total. The molecule has 1 heterocycles. The third-order valence-electron chi connectivity index (χ3n) is 2.95. The van der Waals surface area contributed by atoms with Crippen LogP contribution in [0.4, 0.5) is 0 Å². The lowest BCUT2D eigenvalue weighted by Crippen LogP contribution is -2.44. The molecule has 1 saturated carbocycles. The van der Waals surface area contributed by atoms with Crippen molar-refractivity contribution in [1.29, 1.82) is 0 Å². The number of carbonyl (C=O) groups is 1. The zero-order valence-corrected chi connectivity index (χ0v) is 6.81. The number of fused-ring (bicyclic) bond motifs is 1. The maximum Gasteiger partial charge on any atom is 0.133 e. The minimum absolute atomic E-state index is 0.481. The predicted molar refractivity (Wildman–Crippen MR) is 43.4 cm³/mol. The number of carbonyl (C=O) groups excluding carboxylic acids is 1. The molecule has 2 heteroatoms. The Morgan fingerprint density at radius 3 is 3.18 bits per heavy atom. The van der Waals surface area contributed by atoms with Crippen molar-refractivity contribution >= 4 is 5.78 Å². The van der Waals surface area contributed by atoms with Gasteiger partial charge in [-0.1, -0.05) is 0 Å². The van der Waals surface area contributed by atoms with Crippen LogP contribution in [-0.2, 0) is 4.79 Å². The molecule has 0 aromatic rings. The van der Waals surface area contributed by atoms with Crippen LogP contribution < -0.4 is 5.32 Å². The topological polar surface area (TPSA) is 29.1 Å². The van der Waals surface area contributed by atoms with Crippen LogP contribution in [0.25, 0.3) is 0 Å². The Morgan fingerprint density at radius 1 is 1.36 bits per heavy atom. The molecule has 1 aliphatic heterocycles. The molecule has 0 spiro atoms. The molecule has 0 radical (unpaired) electrons. The Kier molecular flexibility index (Phi) is 1.95. The summed E-state index contributed by atoms with van der Waals surface area (Å²) in [6.45, 7) is 1.16. The quantitative estimate of drug-likeness (QED) is 0.564. The van der Waals surface area contributed by atoms with Crippen LogP contribution in [0.15, 0.2) is 0 Å². The van der Waals surface area contributed by atoms with E-state index in [4.69, 9.17) is 0 Å². The monoisotopic (exact) mass is 153 g/mol. The molecule has 0 aromatic heterocycles. The second-order valence-electron chi connectivity index (χ2n) is 3.74. The number of piperidine rings is 1. The van der Waals surface area contributed by atoms with Gasteiger partial charge in [-0.05, 0) is 31.7 Å². The van der Waals surface area contributed by atoms with Crippen molar-refractivity contribution in [3.05, 3.63) is 0 Å². The molecule has 2 aliphatic rings. The van der Waals surface area contributed by atoms with Crippen molar-refractivity contribution < 1.29 is 4.79 Å². The van der Waals surface area contributed by atoms with E-state index in [1.165, 1.54) is 12.8 Å². The highest BCUT2D eigenvalue weighted by Crippen LogP contribution is 2.28. The Balaban J connectivity index is 1.98. The molecular weight excluding hydrogens is 138 g/mol. The standard InChI is InChI=1S/C9H15NO/c11-8-3-4-9-7(6-8)2-1-5-10-9/h7,9-10H,1-6H2/t7-,9-/m1/s1. The average molecular weight is 153 g/mol. The minimum atomic E-state index is 0.481. The van der Waals surface area contributed by atoms with Crippen LogP contribution >= 0.6 is 0 Å². The third-order valence-corrected chi connectivity index (χ3v) is 2.95. The Labute approximate surface area is 67.4 Å². The molecular formula is C9H15NO. The van der Waals surface area contributed by atoms with Gasteiger partial charge in [0.25, 0.3) is 0 Å². The summed E-state index contributed by atoms with van der Waals surface area (Å²) in [6.07, 6.45) is 5.27. The van der Waals surface area contributed by atoms with E-state index >= 15 is 0 Å². The molecule has 2 rings (SSSR count). The second kappa shape index (κ2) is 2.94. The van der Waals surface area contributed by atoms with Crippen molar-refractivity contribution in [2.24, 2.45) is 5.92 Å². The molecule has 2 fully saturated rings. The molecule has 0 aromatic carbocycles. The lowest BCUT2D eigenvalue weighted by molar-refractivity contribution is -0.122. The van der Waals surface area contributed by atoms with Gasteiger partial charge in [0.15, 0.2) is 0 Å². The summed E-state index contributed by atoms with van der Waals surface area (Å²) in [6, 6.07) is 0.668. The first-order chi connectivity index (χ1) is 5.36. The molecule has 2 nitrogen and oxygen atoms in total. The molecule has 11 heavy (non-hydrogen) atoms. The molecule has 1 saturated heterocycles. The predicted octanol–water partition coefficient (Wildman–Crippen LogP) is 1.11. The van der Waals surface area contributed by atoms with Crippen LogP contribution in [0.3, 0.4) is 0 Å². The highest BCUT2D eigenvalue weighted by molar-refractivity contribution is 5.79. The van der Waals surface area contributed by atoms with Gasteiger partial charge in [-0.2, -0.15) is 0 Å². The lowest BCUT2D eigenvalue weighted by atomic mass is 9.79. The summed E-state index contributed by atoms with van der Waals surface area (Å²) in [5.41, 5.74) is 0. The van der Waals surface area contributed by atoms with E-state index in [9.17, 15) is 4.79 Å². The second-order valence-corrected chi connectivity index (χ2v) is 3.74. The van der Waals surface area contributed by atoms with Crippen molar-refractivity contribution in [3.8, 4) is 0 Å². The summed E-state index contributed by atoms with van der Waals surface area (Å²) in [5, 5.41) is 3.49. The van der Waals surface area contributed by atoms with E-state index in [0.717, 1.165) is 25.8 Å². The summed E-state index contributed by atoms with van der Waals surface area (Å²) in [5.74, 6) is 1.15. The first kappa shape index (κ1) is 7.29. The number of nitrogens with one attached hydrogen (secondary N) is 1. The maximum absolute atomic E-state index is 11.1. The van der Waals surface area contributed by atoms with Gasteiger partial charge in [-0.3, -0.25) is 4.79 Å². The molecule has 0 unspecified atom stereocenters. The van der Waals surface area contributed by atoms with E-state index in [0.29, 0.717) is 17.7 Å². The van der Waals surface area contributed by atoms with E-state index in [1.54, 1.807) is 0 Å². The van der Waals surface area contributed by atoms with Crippen LogP contribution in [0.2, 0.25) is 0 Å². The Bertz CT molecular complexity index is 167. The van der Waals surface area contributed by atoms with Crippen molar-refractivity contribution in [3.63, 3.8) is 0 Å². The maximum atomic E-state index is 11.1. The fraction of sp³-hybridized carbons (Fsp3) is 0.889. The number of ketones is 1. The van der Waals surface area contributed by atoms with E-state index in [1.807, 2.05) is 0 Å².